The zero-order valence-corrected chi connectivity index (χ0v) is 16.3. The van der Waals surface area contributed by atoms with E-state index in [9.17, 15) is 9.18 Å². The Morgan fingerprint density at radius 1 is 1.11 bits per heavy atom. The van der Waals surface area contributed by atoms with Crippen LogP contribution in [-0.4, -0.2) is 20.1 Å². The molecule has 3 rings (SSSR count). The van der Waals surface area contributed by atoms with E-state index in [1.54, 1.807) is 44.6 Å². The number of halogens is 1. The average Bonchev–Trinajstić information content (AvgIpc) is 3.25. The molecule has 0 radical (unpaired) electrons. The molecule has 144 valence electrons. The first kappa shape index (κ1) is 19.6. The smallest absolute Gasteiger partial charge is 0.244 e. The lowest BCUT2D eigenvalue weighted by molar-refractivity contribution is -0.116. The fraction of sp³-hybridized carbons (Fsp3) is 0.136. The number of rotatable bonds is 7. The van der Waals surface area contributed by atoms with Crippen LogP contribution in [0.3, 0.4) is 0 Å². The molecule has 0 saturated heterocycles. The molecule has 0 spiro atoms. The van der Waals surface area contributed by atoms with Crippen LogP contribution in [-0.2, 0) is 4.79 Å². The molecule has 4 nitrogen and oxygen atoms in total. The SMILES string of the molecule is COc1ccc(/C=C/C(=O)NC(c2ccc(F)cc2)c2cccs2)c(OC)c1. The first-order valence-corrected chi connectivity index (χ1v) is 9.48. The number of hydrogen-bond donors (Lipinski definition) is 1. The predicted octanol–water partition coefficient (Wildman–Crippen LogP) is 4.82. The highest BCUT2D eigenvalue weighted by Crippen LogP contribution is 2.27. The van der Waals surface area contributed by atoms with E-state index in [1.165, 1.54) is 29.5 Å². The lowest BCUT2D eigenvalue weighted by Gasteiger charge is -2.17. The van der Waals surface area contributed by atoms with Gasteiger partial charge in [-0.2, -0.15) is 0 Å². The molecule has 1 atom stereocenters. The van der Waals surface area contributed by atoms with E-state index in [-0.39, 0.29) is 17.8 Å². The van der Waals surface area contributed by atoms with Crippen molar-refractivity contribution in [2.45, 2.75) is 6.04 Å². The van der Waals surface area contributed by atoms with E-state index in [4.69, 9.17) is 9.47 Å². The average molecular weight is 397 g/mol. The second kappa shape index (κ2) is 9.19. The summed E-state index contributed by atoms with van der Waals surface area (Å²) in [5, 5.41) is 4.92. The third-order valence-corrected chi connectivity index (χ3v) is 5.11. The minimum atomic E-state index is -0.351. The maximum Gasteiger partial charge on any atom is 0.244 e. The van der Waals surface area contributed by atoms with Gasteiger partial charge >= 0.3 is 0 Å². The molecule has 1 heterocycles. The molecular weight excluding hydrogens is 377 g/mol. The summed E-state index contributed by atoms with van der Waals surface area (Å²) in [6, 6.07) is 15.0. The second-order valence-electron chi connectivity index (χ2n) is 5.95. The lowest BCUT2D eigenvalue weighted by Crippen LogP contribution is -2.27. The summed E-state index contributed by atoms with van der Waals surface area (Å²) in [5.74, 6) is 0.705. The minimum absolute atomic E-state index is 0.263. The molecule has 1 N–H and O–H groups in total. The van der Waals surface area contributed by atoms with Gasteiger partial charge in [-0.15, -0.1) is 11.3 Å². The van der Waals surface area contributed by atoms with Gasteiger partial charge in [0.1, 0.15) is 17.3 Å². The van der Waals surface area contributed by atoms with E-state index >= 15 is 0 Å². The van der Waals surface area contributed by atoms with Crippen LogP contribution >= 0.6 is 11.3 Å². The highest BCUT2D eigenvalue weighted by atomic mass is 32.1. The standard InChI is InChI=1S/C22H20FNO3S/c1-26-18-11-7-15(19(14-18)27-2)8-12-21(25)24-22(20-4-3-13-28-20)16-5-9-17(23)10-6-16/h3-14,22H,1-2H3,(H,24,25)/b12-8+. The van der Waals surface area contributed by atoms with Crippen LogP contribution in [0.15, 0.2) is 66.1 Å². The van der Waals surface area contributed by atoms with Crippen molar-refractivity contribution in [3.8, 4) is 11.5 Å². The van der Waals surface area contributed by atoms with E-state index in [0.717, 1.165) is 16.0 Å². The largest absolute Gasteiger partial charge is 0.497 e. The number of benzene rings is 2. The number of nitrogens with one attached hydrogen (secondary N) is 1. The van der Waals surface area contributed by atoms with E-state index < -0.39 is 0 Å². The summed E-state index contributed by atoms with van der Waals surface area (Å²) < 4.78 is 23.8. The van der Waals surface area contributed by atoms with Crippen LogP contribution in [0.4, 0.5) is 4.39 Å². The van der Waals surface area contributed by atoms with Crippen molar-refractivity contribution in [1.29, 1.82) is 0 Å². The van der Waals surface area contributed by atoms with Gasteiger partial charge in [-0.05, 0) is 47.4 Å². The number of ether oxygens (including phenoxy) is 2. The Hall–Kier alpha value is -3.12. The van der Waals surface area contributed by atoms with Crippen molar-refractivity contribution >= 4 is 23.3 Å². The van der Waals surface area contributed by atoms with Crippen molar-refractivity contribution in [3.05, 3.63) is 87.9 Å². The van der Waals surface area contributed by atoms with Gasteiger partial charge in [0, 0.05) is 22.6 Å². The van der Waals surface area contributed by atoms with Gasteiger partial charge in [-0.25, -0.2) is 4.39 Å². The first-order chi connectivity index (χ1) is 13.6. The van der Waals surface area contributed by atoms with Crippen molar-refractivity contribution in [2.75, 3.05) is 14.2 Å². The molecule has 0 aliphatic carbocycles. The molecule has 2 aromatic carbocycles. The zero-order valence-electron chi connectivity index (χ0n) is 15.5. The molecule has 0 saturated carbocycles. The topological polar surface area (TPSA) is 47.6 Å². The Morgan fingerprint density at radius 2 is 1.89 bits per heavy atom. The van der Waals surface area contributed by atoms with Gasteiger partial charge in [0.25, 0.3) is 0 Å². The van der Waals surface area contributed by atoms with Gasteiger partial charge < -0.3 is 14.8 Å². The fourth-order valence-corrected chi connectivity index (χ4v) is 3.54. The van der Waals surface area contributed by atoms with Gasteiger partial charge in [0.05, 0.1) is 20.3 Å². The zero-order chi connectivity index (χ0) is 19.9. The maximum atomic E-state index is 13.3. The van der Waals surface area contributed by atoms with Crippen LogP contribution in [0.25, 0.3) is 6.08 Å². The summed E-state index contributed by atoms with van der Waals surface area (Å²) in [7, 11) is 3.14. The molecule has 3 aromatic rings. The maximum absolute atomic E-state index is 13.3. The van der Waals surface area contributed by atoms with E-state index in [2.05, 4.69) is 5.32 Å². The monoisotopic (exact) mass is 397 g/mol. The number of amides is 1. The third-order valence-electron chi connectivity index (χ3n) is 4.17. The third kappa shape index (κ3) is 4.78. The molecular formula is C22H20FNO3S. The van der Waals surface area contributed by atoms with Crippen LogP contribution in [0.1, 0.15) is 22.0 Å². The molecule has 0 bridgehead atoms. The Kier molecular flexibility index (Phi) is 6.45. The van der Waals surface area contributed by atoms with Gasteiger partial charge in [-0.1, -0.05) is 18.2 Å². The summed E-state index contributed by atoms with van der Waals surface area (Å²) in [6.07, 6.45) is 3.14. The molecule has 0 aliphatic rings. The first-order valence-electron chi connectivity index (χ1n) is 8.60. The predicted molar refractivity (Wildman–Crippen MR) is 109 cm³/mol. The molecule has 1 aromatic heterocycles. The van der Waals surface area contributed by atoms with Crippen molar-refractivity contribution < 1.29 is 18.7 Å². The molecule has 1 unspecified atom stereocenters. The number of carbonyl (C=O) groups is 1. The molecule has 1 amide bonds. The quantitative estimate of drug-likeness (QED) is 0.581. The summed E-state index contributed by atoms with van der Waals surface area (Å²) in [5.41, 5.74) is 1.57. The fourth-order valence-electron chi connectivity index (χ4n) is 2.74. The van der Waals surface area contributed by atoms with E-state index in [0.29, 0.717) is 11.5 Å². The number of hydrogen-bond acceptors (Lipinski definition) is 4. The summed E-state index contributed by atoms with van der Waals surface area (Å²) in [4.78, 5) is 13.5. The normalized spacial score (nSPS) is 12.0. The van der Waals surface area contributed by atoms with Crippen molar-refractivity contribution in [2.24, 2.45) is 0 Å². The molecule has 0 aliphatic heterocycles. The van der Waals surface area contributed by atoms with Crippen LogP contribution in [0.5, 0.6) is 11.5 Å². The van der Waals surface area contributed by atoms with E-state index in [1.807, 2.05) is 23.6 Å². The number of methoxy groups -OCH3 is 2. The highest BCUT2D eigenvalue weighted by molar-refractivity contribution is 7.10. The highest BCUT2D eigenvalue weighted by Gasteiger charge is 2.17. The summed E-state index contributed by atoms with van der Waals surface area (Å²) in [6.45, 7) is 0. The molecule has 28 heavy (non-hydrogen) atoms. The minimum Gasteiger partial charge on any atom is -0.497 e. The van der Waals surface area contributed by atoms with Gasteiger partial charge in [0.2, 0.25) is 5.91 Å². The van der Waals surface area contributed by atoms with Gasteiger partial charge in [0.15, 0.2) is 0 Å². The second-order valence-corrected chi connectivity index (χ2v) is 6.93. The lowest BCUT2D eigenvalue weighted by atomic mass is 10.1. The number of carbonyl (C=O) groups excluding carboxylic acids is 1. The molecule has 0 fully saturated rings. The van der Waals surface area contributed by atoms with Crippen LogP contribution in [0, 0.1) is 5.82 Å². The Balaban J connectivity index is 1.79. The van der Waals surface area contributed by atoms with Crippen molar-refractivity contribution in [1.82, 2.24) is 5.32 Å². The van der Waals surface area contributed by atoms with Crippen LogP contribution in [0.2, 0.25) is 0 Å². The number of thiophene rings is 1. The Labute approximate surface area is 167 Å². The van der Waals surface area contributed by atoms with Crippen LogP contribution < -0.4 is 14.8 Å². The van der Waals surface area contributed by atoms with Gasteiger partial charge in [-0.3, -0.25) is 4.79 Å². The Bertz CT molecular complexity index is 952. The molecule has 6 heteroatoms. The Morgan fingerprint density at radius 3 is 2.54 bits per heavy atom. The van der Waals surface area contributed by atoms with Crippen molar-refractivity contribution in [3.63, 3.8) is 0 Å². The summed E-state index contributed by atoms with van der Waals surface area (Å²) >= 11 is 1.53.